The molecule has 0 amide bonds. The lowest BCUT2D eigenvalue weighted by atomic mass is 9.46. The highest BCUT2D eigenvalue weighted by molar-refractivity contribution is 5.10. The van der Waals surface area contributed by atoms with Gasteiger partial charge in [0.2, 0.25) is 0 Å². The summed E-state index contributed by atoms with van der Waals surface area (Å²) in [6.07, 6.45) is 11.4. The van der Waals surface area contributed by atoms with E-state index < -0.39 is 0 Å². The fourth-order valence-electron chi connectivity index (χ4n) is 5.35. The SMILES string of the molecule is CCCC12CC3CC(CC(N)(C3)C1)C2.[Cl-]. The van der Waals surface area contributed by atoms with E-state index in [-0.39, 0.29) is 17.9 Å². The van der Waals surface area contributed by atoms with Gasteiger partial charge < -0.3 is 18.1 Å². The third kappa shape index (κ3) is 1.82. The maximum Gasteiger partial charge on any atom is 0.0164 e. The first-order valence-electron chi connectivity index (χ1n) is 6.42. The molecule has 0 heterocycles. The molecule has 4 rings (SSSR count). The van der Waals surface area contributed by atoms with Crippen molar-refractivity contribution in [1.82, 2.24) is 0 Å². The molecule has 2 heteroatoms. The van der Waals surface area contributed by atoms with Crippen molar-refractivity contribution < 1.29 is 12.4 Å². The van der Waals surface area contributed by atoms with Crippen molar-refractivity contribution in [3.63, 3.8) is 0 Å². The van der Waals surface area contributed by atoms with E-state index in [0.29, 0.717) is 5.41 Å². The zero-order chi connectivity index (χ0) is 9.81. The highest BCUT2D eigenvalue weighted by atomic mass is 35.5. The normalized spacial score (nSPS) is 51.6. The van der Waals surface area contributed by atoms with E-state index in [4.69, 9.17) is 5.73 Å². The van der Waals surface area contributed by atoms with Crippen molar-refractivity contribution in [1.29, 1.82) is 0 Å². The van der Waals surface area contributed by atoms with Gasteiger partial charge >= 0.3 is 0 Å². The molecule has 88 valence electrons. The van der Waals surface area contributed by atoms with E-state index in [1.807, 2.05) is 0 Å². The molecular weight excluding hydrogens is 206 g/mol. The molecule has 4 aliphatic carbocycles. The van der Waals surface area contributed by atoms with Crippen LogP contribution in [0.3, 0.4) is 0 Å². The van der Waals surface area contributed by atoms with Crippen LogP contribution in [0.4, 0.5) is 0 Å². The van der Waals surface area contributed by atoms with Gasteiger partial charge in [0.05, 0.1) is 0 Å². The smallest absolute Gasteiger partial charge is 0.0164 e. The second kappa shape index (κ2) is 3.63. The molecule has 0 aliphatic heterocycles. The largest absolute Gasteiger partial charge is 1.00 e. The summed E-state index contributed by atoms with van der Waals surface area (Å²) in [5.41, 5.74) is 7.49. The molecule has 4 saturated carbocycles. The monoisotopic (exact) mass is 228 g/mol. The Bertz CT molecular complexity index is 237. The van der Waals surface area contributed by atoms with Crippen molar-refractivity contribution in [2.24, 2.45) is 23.0 Å². The highest BCUT2D eigenvalue weighted by Crippen LogP contribution is 2.62. The molecule has 2 unspecified atom stereocenters. The van der Waals surface area contributed by atoms with E-state index >= 15 is 0 Å². The molecule has 2 atom stereocenters. The third-order valence-corrected chi connectivity index (χ3v) is 5.01. The van der Waals surface area contributed by atoms with E-state index in [0.717, 1.165) is 11.8 Å². The van der Waals surface area contributed by atoms with Crippen molar-refractivity contribution in [3.05, 3.63) is 0 Å². The summed E-state index contributed by atoms with van der Waals surface area (Å²) in [5.74, 6) is 1.99. The van der Waals surface area contributed by atoms with Gasteiger partial charge in [0.25, 0.3) is 0 Å². The zero-order valence-corrected chi connectivity index (χ0v) is 10.5. The number of hydrogen-bond acceptors (Lipinski definition) is 1. The van der Waals surface area contributed by atoms with E-state index in [2.05, 4.69) is 6.92 Å². The topological polar surface area (TPSA) is 26.0 Å². The molecule has 15 heavy (non-hydrogen) atoms. The summed E-state index contributed by atoms with van der Waals surface area (Å²) in [7, 11) is 0. The van der Waals surface area contributed by atoms with Crippen LogP contribution in [0.25, 0.3) is 0 Å². The molecule has 1 nitrogen and oxygen atoms in total. The quantitative estimate of drug-likeness (QED) is 0.713. The zero-order valence-electron chi connectivity index (χ0n) is 9.77. The minimum absolute atomic E-state index is 0. The second-order valence-corrected chi connectivity index (χ2v) is 6.57. The Kier molecular flexibility index (Phi) is 2.84. The standard InChI is InChI=1S/C13H23N.ClH/c1-2-3-12-5-10-4-11(6-12)8-13(14,7-10)9-12;/h10-11H,2-9,14H2,1H3;1H/p-1. The van der Waals surface area contributed by atoms with E-state index in [1.54, 1.807) is 0 Å². The molecule has 0 spiro atoms. The first-order valence-corrected chi connectivity index (χ1v) is 6.42. The summed E-state index contributed by atoms with van der Waals surface area (Å²) in [5, 5.41) is 0. The summed E-state index contributed by atoms with van der Waals surface area (Å²) < 4.78 is 0. The Morgan fingerprint density at radius 2 is 1.73 bits per heavy atom. The van der Waals surface area contributed by atoms with Crippen LogP contribution < -0.4 is 18.1 Å². The van der Waals surface area contributed by atoms with Crippen molar-refractivity contribution in [2.75, 3.05) is 0 Å². The van der Waals surface area contributed by atoms with Crippen LogP contribution in [0.1, 0.15) is 58.3 Å². The predicted molar refractivity (Wildman–Crippen MR) is 58.9 cm³/mol. The molecule has 0 saturated heterocycles. The van der Waals surface area contributed by atoms with Crippen LogP contribution in [-0.4, -0.2) is 5.54 Å². The number of halogens is 1. The van der Waals surface area contributed by atoms with Crippen molar-refractivity contribution in [2.45, 2.75) is 63.8 Å². The lowest BCUT2D eigenvalue weighted by Gasteiger charge is -2.61. The molecule has 0 aromatic carbocycles. The van der Waals surface area contributed by atoms with Gasteiger partial charge in [-0.15, -0.1) is 0 Å². The summed E-state index contributed by atoms with van der Waals surface area (Å²) in [6, 6.07) is 0. The van der Waals surface area contributed by atoms with Gasteiger partial charge in [-0.05, 0) is 62.2 Å². The van der Waals surface area contributed by atoms with Gasteiger partial charge in [0.15, 0.2) is 0 Å². The Morgan fingerprint density at radius 3 is 2.20 bits per heavy atom. The molecule has 0 radical (unpaired) electrons. The third-order valence-electron chi connectivity index (χ3n) is 5.01. The minimum Gasteiger partial charge on any atom is -1.00 e. The van der Waals surface area contributed by atoms with Gasteiger partial charge in [-0.3, -0.25) is 0 Å². The molecular formula is C13H23ClN-. The molecule has 2 N–H and O–H groups in total. The first-order chi connectivity index (χ1) is 6.63. The van der Waals surface area contributed by atoms with E-state index in [1.165, 1.54) is 51.4 Å². The highest BCUT2D eigenvalue weighted by Gasteiger charge is 2.55. The van der Waals surface area contributed by atoms with Crippen LogP contribution in [0, 0.1) is 17.3 Å². The Hall–Kier alpha value is 0.250. The average molecular weight is 229 g/mol. The predicted octanol–water partition coefficient (Wildman–Crippen LogP) is 0.0882. The van der Waals surface area contributed by atoms with Gasteiger partial charge in [0.1, 0.15) is 0 Å². The molecule has 4 fully saturated rings. The first kappa shape index (κ1) is 11.7. The van der Waals surface area contributed by atoms with Gasteiger partial charge in [-0.1, -0.05) is 13.3 Å². The van der Waals surface area contributed by atoms with Crippen LogP contribution in [0.2, 0.25) is 0 Å². The van der Waals surface area contributed by atoms with Crippen LogP contribution in [0.5, 0.6) is 0 Å². The molecule has 0 aromatic rings. The van der Waals surface area contributed by atoms with Crippen LogP contribution in [-0.2, 0) is 0 Å². The minimum atomic E-state index is 0. The van der Waals surface area contributed by atoms with E-state index in [9.17, 15) is 0 Å². The summed E-state index contributed by atoms with van der Waals surface area (Å²) in [4.78, 5) is 0. The van der Waals surface area contributed by atoms with Gasteiger partial charge in [-0.25, -0.2) is 0 Å². The Labute approximate surface area is 99.6 Å². The lowest BCUT2D eigenvalue weighted by molar-refractivity contribution is -0.0714. The number of nitrogens with two attached hydrogens (primary N) is 1. The Morgan fingerprint density at radius 1 is 1.13 bits per heavy atom. The molecule has 4 bridgehead atoms. The summed E-state index contributed by atoms with van der Waals surface area (Å²) >= 11 is 0. The lowest BCUT2D eigenvalue weighted by Crippen LogP contribution is -3.00. The van der Waals surface area contributed by atoms with Crippen molar-refractivity contribution >= 4 is 0 Å². The fraction of sp³-hybridized carbons (Fsp3) is 1.00. The number of hydrogen-bond donors (Lipinski definition) is 1. The fourth-order valence-corrected chi connectivity index (χ4v) is 5.35. The van der Waals surface area contributed by atoms with Gasteiger partial charge in [0, 0.05) is 5.54 Å². The molecule has 4 aliphatic rings. The van der Waals surface area contributed by atoms with Crippen LogP contribution >= 0.6 is 0 Å². The Balaban J connectivity index is 0.000000853. The molecule has 0 aromatic heterocycles. The van der Waals surface area contributed by atoms with Gasteiger partial charge in [-0.2, -0.15) is 0 Å². The average Bonchev–Trinajstić information content (AvgIpc) is 1.97. The second-order valence-electron chi connectivity index (χ2n) is 6.57. The van der Waals surface area contributed by atoms with Crippen molar-refractivity contribution in [3.8, 4) is 0 Å². The van der Waals surface area contributed by atoms with Crippen LogP contribution in [0.15, 0.2) is 0 Å². The summed E-state index contributed by atoms with van der Waals surface area (Å²) in [6.45, 7) is 2.34. The number of rotatable bonds is 2. The maximum absolute atomic E-state index is 6.54. The maximum atomic E-state index is 6.54.